The molecule has 1 aliphatic heterocycles. The summed E-state index contributed by atoms with van der Waals surface area (Å²) >= 11 is 0. The van der Waals surface area contributed by atoms with Crippen LogP contribution in [0.25, 0.3) is 22.0 Å². The molecule has 3 rings (SSSR count). The lowest BCUT2D eigenvalue weighted by Crippen LogP contribution is -2.02. The minimum atomic E-state index is 0.0103. The zero-order valence-corrected chi connectivity index (χ0v) is 9.90. The van der Waals surface area contributed by atoms with Crippen molar-refractivity contribution in [2.45, 2.75) is 6.42 Å². The smallest absolute Gasteiger partial charge is 0.0540 e. The summed E-state index contributed by atoms with van der Waals surface area (Å²) in [6, 6.07) is 12.0. The van der Waals surface area contributed by atoms with Crippen molar-refractivity contribution < 1.29 is 5.11 Å². The first-order valence-electron chi connectivity index (χ1n) is 5.99. The summed E-state index contributed by atoms with van der Waals surface area (Å²) in [5.41, 5.74) is 3.54. The maximum absolute atomic E-state index is 9.03. The van der Waals surface area contributed by atoms with Crippen LogP contribution in [0.2, 0.25) is 0 Å². The summed E-state index contributed by atoms with van der Waals surface area (Å²) in [5, 5.41) is 19.4. The Morgan fingerprint density at radius 2 is 1.89 bits per heavy atom. The Morgan fingerprint density at radius 3 is 2.67 bits per heavy atom. The fourth-order valence-corrected chi connectivity index (χ4v) is 2.49. The molecule has 0 aromatic heterocycles. The zero-order chi connectivity index (χ0) is 12.5. The predicted octanol–water partition coefficient (Wildman–Crippen LogP) is 3.02. The van der Waals surface area contributed by atoms with Crippen LogP contribution in [0.15, 0.2) is 42.6 Å². The summed E-state index contributed by atoms with van der Waals surface area (Å²) in [5.74, 6) is 0. The number of nitrogens with one attached hydrogen (secondary N) is 2. The van der Waals surface area contributed by atoms with E-state index in [4.69, 9.17) is 10.5 Å². The molecule has 3 N–H and O–H groups in total. The lowest BCUT2D eigenvalue weighted by Gasteiger charge is -2.04. The summed E-state index contributed by atoms with van der Waals surface area (Å²) in [6.45, 7) is 0.0103. The topological polar surface area (TPSA) is 59.9 Å². The minimum Gasteiger partial charge on any atom is -0.396 e. The van der Waals surface area contributed by atoms with Crippen LogP contribution < -0.4 is 0 Å². The van der Waals surface area contributed by atoms with Crippen molar-refractivity contribution in [1.29, 1.82) is 5.41 Å². The van der Waals surface area contributed by atoms with Gasteiger partial charge < -0.3 is 15.5 Å². The third kappa shape index (κ3) is 1.52. The highest BCUT2D eigenvalue weighted by Gasteiger charge is 2.19. The summed E-state index contributed by atoms with van der Waals surface area (Å²) < 4.78 is 0. The van der Waals surface area contributed by atoms with Crippen molar-refractivity contribution in [3.05, 3.63) is 48.2 Å². The molecular formula is C15H14N2O. The molecule has 0 saturated carbocycles. The largest absolute Gasteiger partial charge is 0.396 e. The van der Waals surface area contributed by atoms with E-state index in [0.717, 1.165) is 27.6 Å². The molecule has 2 aliphatic rings. The number of rotatable bonds is 3. The maximum atomic E-state index is 9.03. The molecule has 3 nitrogen and oxygen atoms in total. The van der Waals surface area contributed by atoms with Gasteiger partial charge >= 0.3 is 0 Å². The van der Waals surface area contributed by atoms with Crippen LogP contribution >= 0.6 is 0 Å². The molecule has 0 unspecified atom stereocenters. The van der Waals surface area contributed by atoms with Crippen LogP contribution in [0, 0.1) is 5.41 Å². The summed E-state index contributed by atoms with van der Waals surface area (Å²) in [4.78, 5) is 3.25. The number of aliphatic hydroxyl groups excluding tert-OH is 1. The van der Waals surface area contributed by atoms with E-state index in [1.807, 2.05) is 36.5 Å². The number of aliphatic hydroxyl groups is 1. The van der Waals surface area contributed by atoms with E-state index >= 15 is 0 Å². The first-order valence-corrected chi connectivity index (χ1v) is 5.99. The summed E-state index contributed by atoms with van der Waals surface area (Å²) in [7, 11) is 0. The fraction of sp³-hybridized carbons (Fsp3) is 0.133. The van der Waals surface area contributed by atoms with Crippen LogP contribution in [-0.2, 0) is 0 Å². The van der Waals surface area contributed by atoms with Gasteiger partial charge in [0.05, 0.1) is 5.69 Å². The van der Waals surface area contributed by atoms with Gasteiger partial charge in [-0.3, -0.25) is 0 Å². The van der Waals surface area contributed by atoms with Crippen molar-refractivity contribution in [2.24, 2.45) is 0 Å². The molecule has 0 spiro atoms. The van der Waals surface area contributed by atoms with E-state index in [9.17, 15) is 0 Å². The number of benzene rings is 1. The predicted molar refractivity (Wildman–Crippen MR) is 73.5 cm³/mol. The third-order valence-corrected chi connectivity index (χ3v) is 3.25. The van der Waals surface area contributed by atoms with Crippen molar-refractivity contribution in [1.82, 2.24) is 4.98 Å². The Bertz CT molecular complexity index is 684. The highest BCUT2D eigenvalue weighted by Crippen LogP contribution is 2.37. The average molecular weight is 238 g/mol. The molecule has 1 aromatic carbocycles. The molecule has 0 bridgehead atoms. The van der Waals surface area contributed by atoms with Crippen molar-refractivity contribution >= 4 is 16.5 Å². The standard InChI is InChI=1S/C15H14N2O/c16-13(7-9-18)14-10-4-1-2-5-11(10)15-12(14)6-3-8-17-15/h1-6,8,16-18H,7,9H2. The van der Waals surface area contributed by atoms with Crippen molar-refractivity contribution in [2.75, 3.05) is 6.61 Å². The fourth-order valence-electron chi connectivity index (χ4n) is 2.49. The normalized spacial score (nSPS) is 11.2. The molecule has 90 valence electrons. The van der Waals surface area contributed by atoms with Crippen LogP contribution in [0.1, 0.15) is 12.0 Å². The van der Waals surface area contributed by atoms with E-state index < -0.39 is 0 Å². The van der Waals surface area contributed by atoms with Crippen LogP contribution in [0.3, 0.4) is 0 Å². The van der Waals surface area contributed by atoms with Gasteiger partial charge in [0.2, 0.25) is 0 Å². The Labute approximate surface area is 105 Å². The first-order chi connectivity index (χ1) is 8.83. The number of hydrogen-bond acceptors (Lipinski definition) is 2. The van der Waals surface area contributed by atoms with Gasteiger partial charge in [-0.2, -0.15) is 0 Å². The zero-order valence-electron chi connectivity index (χ0n) is 9.90. The molecule has 0 saturated heterocycles. The Balaban J connectivity index is 2.36. The molecule has 0 amide bonds. The van der Waals surface area contributed by atoms with E-state index in [2.05, 4.69) is 11.1 Å². The average Bonchev–Trinajstić information content (AvgIpc) is 2.73. The highest BCUT2D eigenvalue weighted by atomic mass is 16.3. The highest BCUT2D eigenvalue weighted by molar-refractivity contribution is 6.20. The monoisotopic (exact) mass is 238 g/mol. The van der Waals surface area contributed by atoms with Gasteiger partial charge in [0.25, 0.3) is 0 Å². The van der Waals surface area contributed by atoms with Gasteiger partial charge in [-0.25, -0.2) is 0 Å². The first kappa shape index (κ1) is 11.0. The van der Waals surface area contributed by atoms with Crippen molar-refractivity contribution in [3.8, 4) is 11.3 Å². The molecule has 18 heavy (non-hydrogen) atoms. The second-order valence-corrected chi connectivity index (χ2v) is 4.33. The van der Waals surface area contributed by atoms with Gasteiger partial charge in [-0.05, 0) is 11.5 Å². The number of pyridine rings is 1. The lowest BCUT2D eigenvalue weighted by atomic mass is 10.0. The quantitative estimate of drug-likeness (QED) is 0.603. The molecule has 1 aliphatic carbocycles. The van der Waals surface area contributed by atoms with E-state index in [0.29, 0.717) is 12.1 Å². The molecule has 0 fully saturated rings. The van der Waals surface area contributed by atoms with Gasteiger partial charge in [0.15, 0.2) is 0 Å². The Kier molecular flexibility index (Phi) is 2.61. The number of aromatic nitrogens is 1. The molecule has 3 heteroatoms. The van der Waals surface area contributed by atoms with E-state index in [-0.39, 0.29) is 6.61 Å². The van der Waals surface area contributed by atoms with Crippen molar-refractivity contribution in [3.63, 3.8) is 0 Å². The van der Waals surface area contributed by atoms with Gasteiger partial charge in [-0.15, -0.1) is 0 Å². The Hall–Kier alpha value is -2.13. The number of fused-ring (bicyclic) bond motifs is 3. The molecule has 0 radical (unpaired) electrons. The minimum absolute atomic E-state index is 0.0103. The molecule has 0 atom stereocenters. The van der Waals surface area contributed by atoms with Crippen LogP contribution in [-0.4, -0.2) is 22.4 Å². The second kappa shape index (κ2) is 4.27. The molecular weight excluding hydrogens is 224 g/mol. The SMILES string of the molecule is N=C(CCO)c1c2ccc[nH]c-2c2ccccc12. The van der Waals surface area contributed by atoms with E-state index in [1.54, 1.807) is 0 Å². The third-order valence-electron chi connectivity index (χ3n) is 3.25. The number of hydrogen-bond donors (Lipinski definition) is 3. The lowest BCUT2D eigenvalue weighted by molar-refractivity contribution is 0.307. The van der Waals surface area contributed by atoms with Crippen LogP contribution in [0.5, 0.6) is 0 Å². The van der Waals surface area contributed by atoms with Crippen LogP contribution in [0.4, 0.5) is 0 Å². The molecule has 1 heterocycles. The Morgan fingerprint density at radius 1 is 1.11 bits per heavy atom. The van der Waals surface area contributed by atoms with Gasteiger partial charge in [-0.1, -0.05) is 30.3 Å². The molecule has 1 aromatic rings. The van der Waals surface area contributed by atoms with E-state index in [1.165, 1.54) is 0 Å². The van der Waals surface area contributed by atoms with Gasteiger partial charge in [0, 0.05) is 41.4 Å². The second-order valence-electron chi connectivity index (χ2n) is 4.33. The number of aromatic amines is 1. The maximum Gasteiger partial charge on any atom is 0.0540 e. The van der Waals surface area contributed by atoms with Gasteiger partial charge in [0.1, 0.15) is 0 Å². The number of H-pyrrole nitrogens is 1. The summed E-state index contributed by atoms with van der Waals surface area (Å²) in [6.07, 6.45) is 2.28.